The summed E-state index contributed by atoms with van der Waals surface area (Å²) in [4.78, 5) is 0. The SMILES string of the molecule is CCCOCc1ccc(PBr)cc1. The predicted octanol–water partition coefficient (Wildman–Crippen LogP) is 3.23. The molecule has 0 radical (unpaired) electrons. The van der Waals surface area contributed by atoms with Crippen molar-refractivity contribution in [1.82, 2.24) is 0 Å². The van der Waals surface area contributed by atoms with Gasteiger partial charge in [0.1, 0.15) is 0 Å². The Morgan fingerprint density at radius 3 is 2.54 bits per heavy atom. The fraction of sp³-hybridized carbons (Fsp3) is 0.400. The lowest BCUT2D eigenvalue weighted by Gasteiger charge is -2.03. The molecule has 13 heavy (non-hydrogen) atoms. The number of ether oxygens (including phenoxy) is 1. The van der Waals surface area contributed by atoms with Gasteiger partial charge in [-0.15, -0.1) is 0 Å². The van der Waals surface area contributed by atoms with Crippen LogP contribution in [0.25, 0.3) is 0 Å². The van der Waals surface area contributed by atoms with Crippen molar-refractivity contribution in [3.8, 4) is 0 Å². The van der Waals surface area contributed by atoms with Crippen LogP contribution in [0, 0.1) is 0 Å². The van der Waals surface area contributed by atoms with E-state index in [4.69, 9.17) is 4.74 Å². The molecular weight excluding hydrogens is 247 g/mol. The molecule has 1 rings (SSSR count). The van der Waals surface area contributed by atoms with Crippen LogP contribution in [0.2, 0.25) is 0 Å². The molecule has 0 aliphatic rings. The third kappa shape index (κ3) is 4.21. The number of hydrogen-bond acceptors (Lipinski definition) is 1. The van der Waals surface area contributed by atoms with Crippen LogP contribution in [0.3, 0.4) is 0 Å². The molecule has 0 aliphatic carbocycles. The summed E-state index contributed by atoms with van der Waals surface area (Å²) in [6.45, 7) is 3.70. The zero-order chi connectivity index (χ0) is 9.52. The molecule has 0 saturated heterocycles. The van der Waals surface area contributed by atoms with Gasteiger partial charge in [-0.05, 0) is 24.6 Å². The van der Waals surface area contributed by atoms with Crippen LogP contribution >= 0.6 is 22.8 Å². The monoisotopic (exact) mass is 260 g/mol. The zero-order valence-electron chi connectivity index (χ0n) is 7.72. The summed E-state index contributed by atoms with van der Waals surface area (Å²) in [6, 6.07) is 8.52. The molecule has 0 bridgehead atoms. The Labute approximate surface area is 89.4 Å². The molecule has 1 nitrogen and oxygen atoms in total. The van der Waals surface area contributed by atoms with E-state index in [1.807, 2.05) is 0 Å². The Hall–Kier alpha value is 0.0900. The summed E-state index contributed by atoms with van der Waals surface area (Å²) in [7, 11) is 0.700. The van der Waals surface area contributed by atoms with Gasteiger partial charge >= 0.3 is 0 Å². The predicted molar refractivity (Wildman–Crippen MR) is 63.3 cm³/mol. The molecule has 0 spiro atoms. The Bertz CT molecular complexity index is 235. The number of hydrogen-bond donors (Lipinski definition) is 0. The van der Waals surface area contributed by atoms with Gasteiger partial charge in [-0.1, -0.05) is 46.7 Å². The Balaban J connectivity index is 2.40. The average Bonchev–Trinajstić information content (AvgIpc) is 2.19. The highest BCUT2D eigenvalue weighted by Crippen LogP contribution is 2.18. The zero-order valence-corrected chi connectivity index (χ0v) is 10.3. The molecule has 1 aromatic carbocycles. The second-order valence-electron chi connectivity index (χ2n) is 2.84. The van der Waals surface area contributed by atoms with E-state index in [1.54, 1.807) is 0 Å². The Kier molecular flexibility index (Phi) is 5.61. The van der Waals surface area contributed by atoms with E-state index in [0.29, 0.717) is 7.28 Å². The molecule has 72 valence electrons. The van der Waals surface area contributed by atoms with E-state index < -0.39 is 0 Å². The van der Waals surface area contributed by atoms with Crippen LogP contribution in [0.4, 0.5) is 0 Å². The van der Waals surface area contributed by atoms with E-state index in [9.17, 15) is 0 Å². The first-order chi connectivity index (χ1) is 6.36. The highest BCUT2D eigenvalue weighted by atomic mass is 79.9. The summed E-state index contributed by atoms with van der Waals surface area (Å²) < 4.78 is 5.43. The van der Waals surface area contributed by atoms with Crippen molar-refractivity contribution < 1.29 is 4.74 Å². The standard InChI is InChI=1S/C10H14BrOP/c1-2-7-12-8-9-3-5-10(13-11)6-4-9/h3-6,13H,2,7-8H2,1H3. The van der Waals surface area contributed by atoms with Gasteiger partial charge in [-0.25, -0.2) is 0 Å². The van der Waals surface area contributed by atoms with Crippen LogP contribution in [-0.4, -0.2) is 6.61 Å². The molecule has 0 fully saturated rings. The molecule has 0 saturated carbocycles. The molecule has 0 heterocycles. The third-order valence-corrected chi connectivity index (χ3v) is 3.61. The molecule has 0 amide bonds. The van der Waals surface area contributed by atoms with Gasteiger partial charge in [0.05, 0.1) is 6.61 Å². The number of benzene rings is 1. The van der Waals surface area contributed by atoms with Gasteiger partial charge in [0, 0.05) is 6.61 Å². The van der Waals surface area contributed by atoms with Crippen LogP contribution in [0.15, 0.2) is 24.3 Å². The van der Waals surface area contributed by atoms with Crippen molar-refractivity contribution in [3.63, 3.8) is 0 Å². The molecule has 0 aromatic heterocycles. The van der Waals surface area contributed by atoms with E-state index in [2.05, 4.69) is 46.7 Å². The van der Waals surface area contributed by atoms with Gasteiger partial charge in [0.15, 0.2) is 0 Å². The normalized spacial score (nSPS) is 11.2. The second-order valence-corrected chi connectivity index (χ2v) is 4.80. The lowest BCUT2D eigenvalue weighted by atomic mass is 10.2. The van der Waals surface area contributed by atoms with E-state index in [0.717, 1.165) is 19.6 Å². The first-order valence-electron chi connectivity index (χ1n) is 4.40. The first-order valence-corrected chi connectivity index (χ1v) is 7.66. The maximum atomic E-state index is 5.43. The highest BCUT2D eigenvalue weighted by Gasteiger charge is 1.93. The minimum atomic E-state index is 0.700. The lowest BCUT2D eigenvalue weighted by Crippen LogP contribution is -1.96. The van der Waals surface area contributed by atoms with Crippen molar-refractivity contribution in [2.75, 3.05) is 6.61 Å². The van der Waals surface area contributed by atoms with Gasteiger partial charge < -0.3 is 4.74 Å². The summed E-state index contributed by atoms with van der Waals surface area (Å²) in [5.74, 6) is 0. The van der Waals surface area contributed by atoms with Crippen molar-refractivity contribution >= 4 is 28.1 Å². The van der Waals surface area contributed by atoms with Crippen molar-refractivity contribution in [2.45, 2.75) is 20.0 Å². The molecule has 1 atom stereocenters. The smallest absolute Gasteiger partial charge is 0.0716 e. The highest BCUT2D eigenvalue weighted by molar-refractivity contribution is 9.37. The fourth-order valence-electron chi connectivity index (χ4n) is 0.998. The van der Waals surface area contributed by atoms with Crippen molar-refractivity contribution in [3.05, 3.63) is 29.8 Å². The molecule has 0 aliphatic heterocycles. The Morgan fingerprint density at radius 1 is 1.31 bits per heavy atom. The number of rotatable bonds is 5. The minimum absolute atomic E-state index is 0.700. The fourth-order valence-corrected chi connectivity index (χ4v) is 2.08. The third-order valence-electron chi connectivity index (χ3n) is 1.68. The molecule has 0 N–H and O–H groups in total. The van der Waals surface area contributed by atoms with E-state index in [-0.39, 0.29) is 0 Å². The Morgan fingerprint density at radius 2 is 2.00 bits per heavy atom. The van der Waals surface area contributed by atoms with E-state index >= 15 is 0 Å². The summed E-state index contributed by atoms with van der Waals surface area (Å²) in [5, 5.41) is 1.33. The van der Waals surface area contributed by atoms with Crippen LogP contribution < -0.4 is 5.30 Å². The van der Waals surface area contributed by atoms with Gasteiger partial charge in [-0.2, -0.15) is 0 Å². The topological polar surface area (TPSA) is 9.23 Å². The van der Waals surface area contributed by atoms with Crippen molar-refractivity contribution in [2.24, 2.45) is 0 Å². The van der Waals surface area contributed by atoms with Crippen molar-refractivity contribution in [1.29, 1.82) is 0 Å². The minimum Gasteiger partial charge on any atom is -0.377 e. The summed E-state index contributed by atoms with van der Waals surface area (Å²) >= 11 is 3.44. The van der Waals surface area contributed by atoms with Gasteiger partial charge in [0.2, 0.25) is 0 Å². The van der Waals surface area contributed by atoms with Crippen LogP contribution in [0.1, 0.15) is 18.9 Å². The largest absolute Gasteiger partial charge is 0.377 e. The second kappa shape index (κ2) is 6.53. The van der Waals surface area contributed by atoms with Gasteiger partial charge in [0.25, 0.3) is 0 Å². The average molecular weight is 261 g/mol. The van der Waals surface area contributed by atoms with E-state index in [1.165, 1.54) is 10.9 Å². The molecular formula is C10H14BrOP. The quantitative estimate of drug-likeness (QED) is 0.584. The summed E-state index contributed by atoms with van der Waals surface area (Å²) in [6.07, 6.45) is 1.08. The maximum absolute atomic E-state index is 5.43. The van der Waals surface area contributed by atoms with Crippen LogP contribution in [0.5, 0.6) is 0 Å². The molecule has 1 aromatic rings. The first kappa shape index (κ1) is 11.2. The van der Waals surface area contributed by atoms with Gasteiger partial charge in [-0.3, -0.25) is 0 Å². The van der Waals surface area contributed by atoms with Crippen LogP contribution in [-0.2, 0) is 11.3 Å². The number of halogens is 1. The molecule has 3 heteroatoms. The summed E-state index contributed by atoms with van der Waals surface area (Å²) in [5.41, 5.74) is 1.25. The lowest BCUT2D eigenvalue weighted by molar-refractivity contribution is 0.121. The maximum Gasteiger partial charge on any atom is 0.0716 e. The molecule has 1 unspecified atom stereocenters.